The van der Waals surface area contributed by atoms with Gasteiger partial charge in [-0.3, -0.25) is 4.55 Å². The molecule has 2 N–H and O–H groups in total. The average Bonchev–Trinajstić information content (AvgIpc) is 2.63. The van der Waals surface area contributed by atoms with Gasteiger partial charge in [0.15, 0.2) is 0 Å². The Morgan fingerprint density at radius 1 is 1.04 bits per heavy atom. The molecule has 0 radical (unpaired) electrons. The van der Waals surface area contributed by atoms with E-state index in [0.717, 1.165) is 5.56 Å². The van der Waals surface area contributed by atoms with Gasteiger partial charge in [0.25, 0.3) is 0 Å². The molecule has 2 aromatic carbocycles. The fourth-order valence-corrected chi connectivity index (χ4v) is 2.76. The Labute approximate surface area is 164 Å². The minimum atomic E-state index is -4.26. The van der Waals surface area contributed by atoms with Gasteiger partial charge < -0.3 is 9.47 Å². The van der Waals surface area contributed by atoms with Gasteiger partial charge in [0, 0.05) is 11.6 Å². The molecule has 27 heavy (non-hydrogen) atoms. The molecule has 0 heterocycles. The van der Waals surface area contributed by atoms with E-state index < -0.39 is 10.3 Å². The Kier molecular flexibility index (Phi) is 7.95. The molecule has 0 aliphatic heterocycles. The van der Waals surface area contributed by atoms with Crippen LogP contribution in [-0.4, -0.2) is 32.7 Å². The van der Waals surface area contributed by atoms with Gasteiger partial charge in [0.1, 0.15) is 24.7 Å². The molecule has 1 unspecified atom stereocenters. The molecule has 0 spiro atoms. The summed E-state index contributed by atoms with van der Waals surface area (Å²) < 4.78 is 43.7. The number of hydrogen-bond donors (Lipinski definition) is 2. The largest absolute Gasteiger partial charge is 0.490 e. The first-order chi connectivity index (χ1) is 12.9. The van der Waals surface area contributed by atoms with Crippen LogP contribution < -0.4 is 14.2 Å². The lowest BCUT2D eigenvalue weighted by molar-refractivity contribution is 0.217. The number of ether oxygens (including phenoxy) is 2. The van der Waals surface area contributed by atoms with Gasteiger partial charge in [-0.15, -0.1) is 5.92 Å². The quantitative estimate of drug-likeness (QED) is 0.377. The standard InChI is InChI=1S/C19H20ClNO5S/c1-2-3-16(14-21-27(22,23)24)15-4-8-18(9-5-15)25-12-13-26-19-10-6-17(20)7-11-19/h4-11,16,21H,12-14H2,1H3,(H,22,23,24). The Hall–Kier alpha value is -2.24. The molecule has 0 aliphatic rings. The van der Waals surface area contributed by atoms with Crippen LogP contribution in [0.25, 0.3) is 0 Å². The molecule has 0 bridgehead atoms. The topological polar surface area (TPSA) is 84.9 Å². The predicted octanol–water partition coefficient (Wildman–Crippen LogP) is 3.30. The number of benzene rings is 2. The SMILES string of the molecule is CC#CC(CNS(=O)(=O)O)c1ccc(OCCOc2ccc(Cl)cc2)cc1. The lowest BCUT2D eigenvalue weighted by atomic mass is 10.00. The van der Waals surface area contributed by atoms with E-state index in [4.69, 9.17) is 25.6 Å². The van der Waals surface area contributed by atoms with Crippen LogP contribution in [0.1, 0.15) is 18.4 Å². The molecule has 1 atom stereocenters. The second-order valence-electron chi connectivity index (χ2n) is 5.49. The summed E-state index contributed by atoms with van der Waals surface area (Å²) in [7, 11) is -4.26. The van der Waals surface area contributed by atoms with Crippen molar-refractivity contribution in [1.82, 2.24) is 4.72 Å². The lowest BCUT2D eigenvalue weighted by Crippen LogP contribution is -2.27. The van der Waals surface area contributed by atoms with E-state index in [1.165, 1.54) is 0 Å². The summed E-state index contributed by atoms with van der Waals surface area (Å²) in [6.07, 6.45) is 0. The molecule has 144 valence electrons. The predicted molar refractivity (Wildman–Crippen MR) is 105 cm³/mol. The highest BCUT2D eigenvalue weighted by molar-refractivity contribution is 7.83. The van der Waals surface area contributed by atoms with E-state index >= 15 is 0 Å². The molecular formula is C19H20ClNO5S. The molecule has 0 fully saturated rings. The summed E-state index contributed by atoms with van der Waals surface area (Å²) >= 11 is 5.81. The van der Waals surface area contributed by atoms with E-state index in [0.29, 0.717) is 29.7 Å². The summed E-state index contributed by atoms with van der Waals surface area (Å²) in [4.78, 5) is 0. The van der Waals surface area contributed by atoms with Crippen molar-refractivity contribution in [1.29, 1.82) is 0 Å². The van der Waals surface area contributed by atoms with Gasteiger partial charge in [-0.25, -0.2) is 0 Å². The van der Waals surface area contributed by atoms with Crippen LogP contribution in [0, 0.1) is 11.8 Å². The highest BCUT2D eigenvalue weighted by Gasteiger charge is 2.12. The summed E-state index contributed by atoms with van der Waals surface area (Å²) in [6.45, 7) is 2.39. The van der Waals surface area contributed by atoms with E-state index in [-0.39, 0.29) is 12.5 Å². The van der Waals surface area contributed by atoms with Crippen molar-refractivity contribution in [3.63, 3.8) is 0 Å². The number of nitrogens with one attached hydrogen (secondary N) is 1. The maximum absolute atomic E-state index is 10.8. The van der Waals surface area contributed by atoms with Crippen molar-refractivity contribution in [2.45, 2.75) is 12.8 Å². The summed E-state index contributed by atoms with van der Waals surface area (Å²) in [5, 5.41) is 0.650. The van der Waals surface area contributed by atoms with Crippen molar-refractivity contribution in [2.24, 2.45) is 0 Å². The van der Waals surface area contributed by atoms with Crippen molar-refractivity contribution < 1.29 is 22.4 Å². The van der Waals surface area contributed by atoms with E-state index in [1.54, 1.807) is 55.5 Å². The zero-order valence-electron chi connectivity index (χ0n) is 14.7. The van der Waals surface area contributed by atoms with Gasteiger partial charge in [-0.2, -0.15) is 13.1 Å². The number of rotatable bonds is 9. The zero-order chi connectivity index (χ0) is 19.7. The molecule has 0 aliphatic carbocycles. The van der Waals surface area contributed by atoms with Crippen molar-refractivity contribution in [3.8, 4) is 23.3 Å². The fourth-order valence-electron chi connectivity index (χ4n) is 2.26. The summed E-state index contributed by atoms with van der Waals surface area (Å²) in [5.41, 5.74) is 0.810. The highest BCUT2D eigenvalue weighted by Crippen LogP contribution is 2.19. The second kappa shape index (κ2) is 10.2. The Balaban J connectivity index is 1.85. The van der Waals surface area contributed by atoms with Gasteiger partial charge in [0.05, 0.1) is 5.92 Å². The average molecular weight is 410 g/mol. The Morgan fingerprint density at radius 2 is 1.56 bits per heavy atom. The van der Waals surface area contributed by atoms with Crippen LogP contribution in [-0.2, 0) is 10.3 Å². The Morgan fingerprint density at radius 3 is 2.04 bits per heavy atom. The first kappa shape index (κ1) is 21.1. The van der Waals surface area contributed by atoms with Crippen LogP contribution in [0.2, 0.25) is 5.02 Å². The third kappa shape index (κ3) is 7.89. The minimum absolute atomic E-state index is 0.0190. The molecule has 2 aromatic rings. The molecule has 0 saturated heterocycles. The summed E-state index contributed by atoms with van der Waals surface area (Å²) in [5.74, 6) is 6.66. The second-order valence-corrected chi connectivity index (χ2v) is 7.17. The first-order valence-corrected chi connectivity index (χ1v) is 9.94. The fraction of sp³-hybridized carbons (Fsp3) is 0.263. The van der Waals surface area contributed by atoms with E-state index in [9.17, 15) is 8.42 Å². The van der Waals surface area contributed by atoms with Gasteiger partial charge in [0.2, 0.25) is 0 Å². The molecule has 0 amide bonds. The molecule has 2 rings (SSSR count). The third-order valence-electron chi connectivity index (χ3n) is 3.51. The number of halogens is 1. The smallest absolute Gasteiger partial charge is 0.333 e. The van der Waals surface area contributed by atoms with Gasteiger partial charge in [-0.05, 0) is 48.9 Å². The van der Waals surface area contributed by atoms with Crippen molar-refractivity contribution in [2.75, 3.05) is 19.8 Å². The maximum atomic E-state index is 10.8. The maximum Gasteiger partial charge on any atom is 0.333 e. The zero-order valence-corrected chi connectivity index (χ0v) is 16.3. The van der Waals surface area contributed by atoms with Gasteiger partial charge >= 0.3 is 10.3 Å². The van der Waals surface area contributed by atoms with Crippen molar-refractivity contribution >= 4 is 21.9 Å². The third-order valence-corrected chi connectivity index (χ3v) is 4.29. The minimum Gasteiger partial charge on any atom is -0.490 e. The number of hydrogen-bond acceptors (Lipinski definition) is 4. The Bertz CT molecular complexity index is 886. The molecular weight excluding hydrogens is 390 g/mol. The van der Waals surface area contributed by atoms with E-state index in [2.05, 4.69) is 16.6 Å². The highest BCUT2D eigenvalue weighted by atomic mass is 35.5. The molecule has 0 saturated carbocycles. The van der Waals surface area contributed by atoms with Crippen LogP contribution in [0.3, 0.4) is 0 Å². The molecule has 8 heteroatoms. The van der Waals surface area contributed by atoms with Crippen LogP contribution in [0.5, 0.6) is 11.5 Å². The van der Waals surface area contributed by atoms with Gasteiger partial charge in [-0.1, -0.05) is 29.7 Å². The molecule has 0 aromatic heterocycles. The lowest BCUT2D eigenvalue weighted by Gasteiger charge is -2.13. The van der Waals surface area contributed by atoms with Crippen LogP contribution in [0.15, 0.2) is 48.5 Å². The van der Waals surface area contributed by atoms with Crippen molar-refractivity contribution in [3.05, 3.63) is 59.1 Å². The summed E-state index contributed by atoms with van der Waals surface area (Å²) in [6, 6.07) is 14.2. The van der Waals surface area contributed by atoms with E-state index in [1.807, 2.05) is 0 Å². The first-order valence-electron chi connectivity index (χ1n) is 8.13. The molecule has 6 nitrogen and oxygen atoms in total. The van der Waals surface area contributed by atoms with Crippen LogP contribution in [0.4, 0.5) is 0 Å². The normalized spacial score (nSPS) is 12.0. The van der Waals surface area contributed by atoms with Crippen LogP contribution >= 0.6 is 11.6 Å². The monoisotopic (exact) mass is 409 g/mol.